The van der Waals surface area contributed by atoms with Crippen molar-refractivity contribution in [3.63, 3.8) is 0 Å². The molecule has 1 aromatic rings. The Hall–Kier alpha value is -1.30. The van der Waals surface area contributed by atoms with Gasteiger partial charge in [0.05, 0.1) is 0 Å². The van der Waals surface area contributed by atoms with Crippen LogP contribution in [0.25, 0.3) is 0 Å². The third kappa shape index (κ3) is 3.87. The molecule has 1 atom stereocenters. The van der Waals surface area contributed by atoms with E-state index in [2.05, 4.69) is 16.9 Å². The van der Waals surface area contributed by atoms with E-state index in [1.54, 1.807) is 0 Å². The van der Waals surface area contributed by atoms with Crippen LogP contribution in [-0.4, -0.2) is 40.1 Å². The molecular formula is C15H23N3O2S. The molecule has 1 aliphatic carbocycles. The van der Waals surface area contributed by atoms with Crippen LogP contribution < -0.4 is 5.56 Å². The van der Waals surface area contributed by atoms with Gasteiger partial charge in [-0.05, 0) is 45.3 Å². The number of nitrogens with zero attached hydrogens (tertiary/aromatic N) is 2. The molecule has 1 amide bonds. The molecule has 1 N–H and O–H groups in total. The number of aryl methyl sites for hydroxylation is 1. The van der Waals surface area contributed by atoms with Crippen LogP contribution in [-0.2, 0) is 11.2 Å². The zero-order valence-corrected chi connectivity index (χ0v) is 13.9. The lowest BCUT2D eigenvalue weighted by Gasteiger charge is -2.25. The number of carbonyl (C=O) groups excluding carboxylic acids is 1. The van der Waals surface area contributed by atoms with Crippen LogP contribution >= 0.6 is 11.8 Å². The quantitative estimate of drug-likeness (QED) is 0.644. The normalized spacial score (nSPS) is 15.8. The Bertz CT molecular complexity index is 581. The van der Waals surface area contributed by atoms with Crippen LogP contribution in [0.1, 0.15) is 37.4 Å². The van der Waals surface area contributed by atoms with E-state index in [9.17, 15) is 9.59 Å². The van der Waals surface area contributed by atoms with Crippen molar-refractivity contribution in [3.05, 3.63) is 21.6 Å². The predicted molar refractivity (Wildman–Crippen MR) is 84.7 cm³/mol. The first kappa shape index (κ1) is 16.1. The maximum absolute atomic E-state index is 12.2. The third-order valence-electron chi connectivity index (χ3n) is 4.29. The number of H-pyrrole nitrogens is 1. The van der Waals surface area contributed by atoms with E-state index < -0.39 is 0 Å². The second kappa shape index (κ2) is 6.64. The summed E-state index contributed by atoms with van der Waals surface area (Å²) in [5, 5.41) is 0.618. The smallest absolute Gasteiger partial charge is 0.254 e. The van der Waals surface area contributed by atoms with Crippen molar-refractivity contribution >= 4 is 17.7 Å². The third-order valence-corrected chi connectivity index (χ3v) is 4.87. The van der Waals surface area contributed by atoms with Crippen LogP contribution in [0.5, 0.6) is 0 Å². The predicted octanol–water partition coefficient (Wildman–Crippen LogP) is 1.99. The summed E-state index contributed by atoms with van der Waals surface area (Å²) in [7, 11) is 1.86. The molecule has 116 valence electrons. The average molecular weight is 309 g/mol. The summed E-state index contributed by atoms with van der Waals surface area (Å²) in [6, 6.07) is 0.300. The van der Waals surface area contributed by atoms with Crippen molar-refractivity contribution < 1.29 is 4.79 Å². The number of aromatic amines is 1. The van der Waals surface area contributed by atoms with E-state index in [0.29, 0.717) is 41.2 Å². The summed E-state index contributed by atoms with van der Waals surface area (Å²) >= 11 is 1.41. The number of aromatic nitrogens is 2. The molecule has 5 nitrogen and oxygen atoms in total. The van der Waals surface area contributed by atoms with Gasteiger partial charge in [0.1, 0.15) is 0 Å². The Labute approximate surface area is 129 Å². The molecule has 0 spiro atoms. The van der Waals surface area contributed by atoms with Gasteiger partial charge in [-0.2, -0.15) is 0 Å². The number of thioether (sulfide) groups is 1. The fourth-order valence-corrected chi connectivity index (χ4v) is 2.93. The highest BCUT2D eigenvalue weighted by molar-refractivity contribution is 7.98. The molecule has 2 rings (SSSR count). The second-order valence-electron chi connectivity index (χ2n) is 5.72. The van der Waals surface area contributed by atoms with Crippen molar-refractivity contribution in [2.45, 2.75) is 50.7 Å². The molecule has 1 aromatic heterocycles. The van der Waals surface area contributed by atoms with E-state index in [1.165, 1.54) is 24.6 Å². The molecule has 0 aliphatic heterocycles. The first-order chi connectivity index (χ1) is 9.93. The van der Waals surface area contributed by atoms with Crippen LogP contribution in [0.4, 0.5) is 0 Å². The van der Waals surface area contributed by atoms with Crippen LogP contribution in [0.15, 0.2) is 9.95 Å². The summed E-state index contributed by atoms with van der Waals surface area (Å²) in [5.41, 5.74) is 1.21. The van der Waals surface area contributed by atoms with Gasteiger partial charge in [0.25, 0.3) is 5.56 Å². The first-order valence-electron chi connectivity index (χ1n) is 7.33. The minimum absolute atomic E-state index is 0.0992. The van der Waals surface area contributed by atoms with Crippen molar-refractivity contribution in [1.82, 2.24) is 14.9 Å². The maximum Gasteiger partial charge on any atom is 0.254 e. The summed E-state index contributed by atoms with van der Waals surface area (Å²) in [6.45, 7) is 3.92. The topological polar surface area (TPSA) is 66.1 Å². The lowest BCUT2D eigenvalue weighted by Crippen LogP contribution is -2.36. The van der Waals surface area contributed by atoms with E-state index >= 15 is 0 Å². The van der Waals surface area contributed by atoms with Crippen LogP contribution in [0.3, 0.4) is 0 Å². The number of hydrogen-bond acceptors (Lipinski definition) is 4. The average Bonchev–Trinajstić information content (AvgIpc) is 3.28. The second-order valence-corrected chi connectivity index (χ2v) is 6.52. The molecule has 21 heavy (non-hydrogen) atoms. The van der Waals surface area contributed by atoms with Crippen molar-refractivity contribution in [1.29, 1.82) is 0 Å². The van der Waals surface area contributed by atoms with Crippen molar-refractivity contribution in [3.8, 4) is 0 Å². The molecule has 1 aliphatic rings. The number of nitrogens with one attached hydrogen (secondary N) is 1. The highest BCUT2D eigenvalue weighted by Gasteiger charge is 2.32. The summed E-state index contributed by atoms with van der Waals surface area (Å²) in [6.07, 6.45) is 5.12. The molecule has 1 unspecified atom stereocenters. The minimum Gasteiger partial charge on any atom is -0.343 e. The van der Waals surface area contributed by atoms with Gasteiger partial charge < -0.3 is 9.88 Å². The summed E-state index contributed by atoms with van der Waals surface area (Å²) < 4.78 is 0. The Morgan fingerprint density at radius 3 is 2.71 bits per heavy atom. The lowest BCUT2D eigenvalue weighted by molar-refractivity contribution is -0.132. The SMILES string of the molecule is CSc1nc(C)c(CCC(=O)N(C)C(C)C2CC2)c(=O)[nH]1. The van der Waals surface area contributed by atoms with Gasteiger partial charge in [-0.1, -0.05) is 11.8 Å². The highest BCUT2D eigenvalue weighted by Crippen LogP contribution is 2.34. The number of rotatable bonds is 6. The lowest BCUT2D eigenvalue weighted by atomic mass is 10.1. The highest BCUT2D eigenvalue weighted by atomic mass is 32.2. The first-order valence-corrected chi connectivity index (χ1v) is 8.56. The van der Waals surface area contributed by atoms with E-state index in [-0.39, 0.29) is 11.5 Å². The standard InChI is InChI=1S/C15H23N3O2S/c1-9-12(14(20)17-15(16-9)21-4)7-8-13(19)18(3)10(2)11-5-6-11/h10-11H,5-8H2,1-4H3,(H,16,17,20). The Balaban J connectivity index is 1.99. The summed E-state index contributed by atoms with van der Waals surface area (Å²) in [4.78, 5) is 33.1. The summed E-state index contributed by atoms with van der Waals surface area (Å²) in [5.74, 6) is 0.758. The van der Waals surface area contributed by atoms with Gasteiger partial charge in [0.2, 0.25) is 5.91 Å². The Kier molecular flexibility index (Phi) is 5.08. The van der Waals surface area contributed by atoms with E-state index in [0.717, 1.165) is 0 Å². The molecule has 1 saturated carbocycles. The van der Waals surface area contributed by atoms with E-state index in [1.807, 2.05) is 25.1 Å². The molecule has 0 bridgehead atoms. The molecule has 0 saturated heterocycles. The van der Waals surface area contributed by atoms with Gasteiger partial charge in [-0.15, -0.1) is 0 Å². The molecule has 0 radical (unpaired) electrons. The van der Waals surface area contributed by atoms with Gasteiger partial charge in [0, 0.05) is 30.8 Å². The fraction of sp³-hybridized carbons (Fsp3) is 0.667. The Morgan fingerprint density at radius 1 is 1.52 bits per heavy atom. The molecule has 1 fully saturated rings. The maximum atomic E-state index is 12.2. The van der Waals surface area contributed by atoms with Crippen LogP contribution in [0.2, 0.25) is 0 Å². The molecule has 0 aromatic carbocycles. The zero-order chi connectivity index (χ0) is 15.6. The molecular weight excluding hydrogens is 286 g/mol. The van der Waals surface area contributed by atoms with E-state index in [4.69, 9.17) is 0 Å². The number of carbonyl (C=O) groups is 1. The zero-order valence-electron chi connectivity index (χ0n) is 13.1. The van der Waals surface area contributed by atoms with Crippen molar-refractivity contribution in [2.75, 3.05) is 13.3 Å². The van der Waals surface area contributed by atoms with Crippen LogP contribution in [0, 0.1) is 12.8 Å². The molecule has 6 heteroatoms. The minimum atomic E-state index is -0.127. The van der Waals surface area contributed by atoms with Gasteiger partial charge in [-0.25, -0.2) is 4.98 Å². The largest absolute Gasteiger partial charge is 0.343 e. The number of hydrogen-bond donors (Lipinski definition) is 1. The van der Waals surface area contributed by atoms with Gasteiger partial charge >= 0.3 is 0 Å². The molecule has 1 heterocycles. The fourth-order valence-electron chi connectivity index (χ4n) is 2.51. The van der Waals surface area contributed by atoms with Gasteiger partial charge in [0.15, 0.2) is 5.16 Å². The number of amides is 1. The Morgan fingerprint density at radius 2 is 2.19 bits per heavy atom. The van der Waals surface area contributed by atoms with Gasteiger partial charge in [-0.3, -0.25) is 9.59 Å². The monoisotopic (exact) mass is 309 g/mol. The van der Waals surface area contributed by atoms with Crippen molar-refractivity contribution in [2.24, 2.45) is 5.92 Å².